The van der Waals surface area contributed by atoms with Crippen molar-refractivity contribution in [3.05, 3.63) is 29.8 Å². The molecule has 0 aliphatic heterocycles. The van der Waals surface area contributed by atoms with Crippen LogP contribution in [0.3, 0.4) is 0 Å². The Balaban J connectivity index is 2.64. The van der Waals surface area contributed by atoms with Crippen molar-refractivity contribution in [2.75, 3.05) is 5.75 Å². The zero-order valence-electron chi connectivity index (χ0n) is 8.69. The average molecular weight is 246 g/mol. The Hall–Kier alpha value is -1.10. The van der Waals surface area contributed by atoms with E-state index in [0.29, 0.717) is 5.56 Å². The van der Waals surface area contributed by atoms with Crippen molar-refractivity contribution in [3.8, 4) is 0 Å². The van der Waals surface area contributed by atoms with E-state index in [9.17, 15) is 13.6 Å². The minimum absolute atomic E-state index is 0.242. The van der Waals surface area contributed by atoms with Crippen LogP contribution in [-0.2, 0) is 4.79 Å². The second-order valence-corrected chi connectivity index (χ2v) is 4.42. The summed E-state index contributed by atoms with van der Waals surface area (Å²) in [5, 5.41) is 8.78. The summed E-state index contributed by atoms with van der Waals surface area (Å²) in [6.07, 6.45) is -2.33. The van der Waals surface area contributed by atoms with Gasteiger partial charge >= 0.3 is 5.97 Å². The van der Waals surface area contributed by atoms with E-state index in [2.05, 4.69) is 0 Å². The van der Waals surface area contributed by atoms with Gasteiger partial charge in [0, 0.05) is 4.90 Å². The molecular formula is C11H12F2O2S. The van der Waals surface area contributed by atoms with Crippen LogP contribution in [0.15, 0.2) is 29.2 Å². The zero-order chi connectivity index (χ0) is 12.1. The van der Waals surface area contributed by atoms with Crippen molar-refractivity contribution in [1.82, 2.24) is 0 Å². The van der Waals surface area contributed by atoms with Crippen molar-refractivity contribution in [2.45, 2.75) is 24.2 Å². The number of hydrogen-bond acceptors (Lipinski definition) is 2. The fourth-order valence-electron chi connectivity index (χ4n) is 1.15. The van der Waals surface area contributed by atoms with Gasteiger partial charge in [-0.3, -0.25) is 4.79 Å². The largest absolute Gasteiger partial charge is 0.481 e. The smallest absolute Gasteiger partial charge is 0.310 e. The van der Waals surface area contributed by atoms with Crippen molar-refractivity contribution in [3.63, 3.8) is 0 Å². The summed E-state index contributed by atoms with van der Waals surface area (Å²) in [6.45, 7) is 1.59. The minimum atomic E-state index is -2.33. The first-order valence-electron chi connectivity index (χ1n) is 4.74. The quantitative estimate of drug-likeness (QED) is 0.810. The van der Waals surface area contributed by atoms with Gasteiger partial charge in [-0.15, -0.1) is 11.8 Å². The number of halogens is 2. The molecule has 5 heteroatoms. The molecule has 1 aromatic carbocycles. The maximum atomic E-state index is 11.9. The molecule has 0 amide bonds. The number of carbonyl (C=O) groups is 1. The first kappa shape index (κ1) is 13.0. The molecule has 1 atom stereocenters. The SMILES string of the molecule is CC(C(=O)O)c1ccc(SCC(F)F)cc1. The van der Waals surface area contributed by atoms with Gasteiger partial charge in [0.2, 0.25) is 6.43 Å². The molecule has 0 aliphatic carbocycles. The topological polar surface area (TPSA) is 37.3 Å². The highest BCUT2D eigenvalue weighted by atomic mass is 32.2. The maximum absolute atomic E-state index is 11.9. The molecule has 0 saturated carbocycles. The van der Waals surface area contributed by atoms with Crippen LogP contribution in [0.5, 0.6) is 0 Å². The number of carboxylic acids is 1. The van der Waals surface area contributed by atoms with Crippen LogP contribution in [0.25, 0.3) is 0 Å². The highest BCUT2D eigenvalue weighted by Gasteiger charge is 2.13. The summed E-state index contributed by atoms with van der Waals surface area (Å²) in [6, 6.07) is 6.66. The third-order valence-corrected chi connectivity index (χ3v) is 3.15. The molecule has 16 heavy (non-hydrogen) atoms. The fraction of sp³-hybridized carbons (Fsp3) is 0.364. The number of aliphatic carboxylic acids is 1. The van der Waals surface area contributed by atoms with Crippen LogP contribution in [0.2, 0.25) is 0 Å². The third-order valence-electron chi connectivity index (χ3n) is 2.13. The lowest BCUT2D eigenvalue weighted by Gasteiger charge is -2.07. The van der Waals surface area contributed by atoms with E-state index in [1.54, 1.807) is 31.2 Å². The molecule has 88 valence electrons. The normalized spacial score (nSPS) is 12.8. The second-order valence-electron chi connectivity index (χ2n) is 3.33. The summed E-state index contributed by atoms with van der Waals surface area (Å²) >= 11 is 1.06. The van der Waals surface area contributed by atoms with E-state index < -0.39 is 18.3 Å². The Labute approximate surface area is 96.7 Å². The van der Waals surface area contributed by atoms with Gasteiger partial charge in [0.05, 0.1) is 11.7 Å². The Morgan fingerprint density at radius 1 is 1.38 bits per heavy atom. The van der Waals surface area contributed by atoms with E-state index in [-0.39, 0.29) is 5.75 Å². The number of carboxylic acid groups (broad SMARTS) is 1. The summed E-state index contributed by atoms with van der Waals surface area (Å²) in [4.78, 5) is 11.4. The van der Waals surface area contributed by atoms with Gasteiger partial charge in [-0.05, 0) is 24.6 Å². The molecule has 0 saturated heterocycles. The first-order valence-corrected chi connectivity index (χ1v) is 5.73. The van der Waals surface area contributed by atoms with Crippen molar-refractivity contribution >= 4 is 17.7 Å². The predicted octanol–water partition coefficient (Wildman–Crippen LogP) is 3.23. The summed E-state index contributed by atoms with van der Waals surface area (Å²) in [5.74, 6) is -1.71. The van der Waals surface area contributed by atoms with Crippen LogP contribution in [0.4, 0.5) is 8.78 Å². The van der Waals surface area contributed by atoms with E-state index in [4.69, 9.17) is 5.11 Å². The molecule has 1 N–H and O–H groups in total. The van der Waals surface area contributed by atoms with Gasteiger partial charge in [0.15, 0.2) is 0 Å². The average Bonchev–Trinajstić information content (AvgIpc) is 2.26. The molecule has 0 heterocycles. The Morgan fingerprint density at radius 2 is 1.94 bits per heavy atom. The number of hydrogen-bond donors (Lipinski definition) is 1. The van der Waals surface area contributed by atoms with E-state index in [1.807, 2.05) is 0 Å². The lowest BCUT2D eigenvalue weighted by molar-refractivity contribution is -0.138. The van der Waals surface area contributed by atoms with Crippen LogP contribution in [0.1, 0.15) is 18.4 Å². The van der Waals surface area contributed by atoms with Crippen molar-refractivity contribution in [1.29, 1.82) is 0 Å². The Kier molecular flexibility index (Phi) is 4.73. The zero-order valence-corrected chi connectivity index (χ0v) is 9.51. The van der Waals surface area contributed by atoms with Gasteiger partial charge in [-0.2, -0.15) is 0 Å². The van der Waals surface area contributed by atoms with Gasteiger partial charge in [-0.25, -0.2) is 8.78 Å². The second kappa shape index (κ2) is 5.84. The minimum Gasteiger partial charge on any atom is -0.481 e. The molecule has 1 unspecified atom stereocenters. The lowest BCUT2D eigenvalue weighted by atomic mass is 10.0. The number of rotatable bonds is 5. The highest BCUT2D eigenvalue weighted by molar-refractivity contribution is 7.99. The standard InChI is InChI=1S/C11H12F2O2S/c1-7(11(14)15)8-2-4-9(5-3-8)16-6-10(12)13/h2-5,7,10H,6H2,1H3,(H,14,15). The molecule has 1 rings (SSSR count). The molecule has 0 bridgehead atoms. The Morgan fingerprint density at radius 3 is 2.38 bits per heavy atom. The number of alkyl halides is 2. The molecular weight excluding hydrogens is 234 g/mol. The van der Waals surface area contributed by atoms with E-state index in [0.717, 1.165) is 16.7 Å². The molecule has 0 aliphatic rings. The Bertz CT molecular complexity index is 352. The van der Waals surface area contributed by atoms with Crippen LogP contribution >= 0.6 is 11.8 Å². The molecule has 0 fully saturated rings. The molecule has 2 nitrogen and oxygen atoms in total. The molecule has 0 spiro atoms. The summed E-state index contributed by atoms with van der Waals surface area (Å²) < 4.78 is 23.9. The van der Waals surface area contributed by atoms with Crippen molar-refractivity contribution < 1.29 is 18.7 Å². The maximum Gasteiger partial charge on any atom is 0.310 e. The number of benzene rings is 1. The van der Waals surface area contributed by atoms with Crippen LogP contribution in [0, 0.1) is 0 Å². The lowest BCUT2D eigenvalue weighted by Crippen LogP contribution is -2.06. The first-order chi connectivity index (χ1) is 7.50. The summed E-state index contributed by atoms with van der Waals surface area (Å²) in [7, 11) is 0. The van der Waals surface area contributed by atoms with Crippen LogP contribution < -0.4 is 0 Å². The number of thioether (sulfide) groups is 1. The molecule has 0 radical (unpaired) electrons. The molecule has 1 aromatic rings. The fourth-order valence-corrected chi connectivity index (χ4v) is 1.80. The highest BCUT2D eigenvalue weighted by Crippen LogP contribution is 2.23. The van der Waals surface area contributed by atoms with E-state index in [1.165, 1.54) is 0 Å². The molecule has 0 aromatic heterocycles. The van der Waals surface area contributed by atoms with Gasteiger partial charge < -0.3 is 5.11 Å². The van der Waals surface area contributed by atoms with Gasteiger partial charge in [0.25, 0.3) is 0 Å². The predicted molar refractivity (Wildman–Crippen MR) is 59.2 cm³/mol. The van der Waals surface area contributed by atoms with Gasteiger partial charge in [0.1, 0.15) is 0 Å². The van der Waals surface area contributed by atoms with Gasteiger partial charge in [-0.1, -0.05) is 12.1 Å². The van der Waals surface area contributed by atoms with Crippen molar-refractivity contribution in [2.24, 2.45) is 0 Å². The van der Waals surface area contributed by atoms with E-state index >= 15 is 0 Å². The van der Waals surface area contributed by atoms with Crippen LogP contribution in [-0.4, -0.2) is 23.3 Å². The third kappa shape index (κ3) is 3.81. The monoisotopic (exact) mass is 246 g/mol. The summed E-state index contributed by atoms with van der Waals surface area (Å²) in [5.41, 5.74) is 0.675.